The van der Waals surface area contributed by atoms with Crippen LogP contribution in [-0.2, 0) is 10.0 Å². The summed E-state index contributed by atoms with van der Waals surface area (Å²) in [6.45, 7) is 3.68. The summed E-state index contributed by atoms with van der Waals surface area (Å²) in [4.78, 5) is 22.8. The monoisotopic (exact) mass is 431 g/mol. The largest absolute Gasteiger partial charge is 0.349 e. The van der Waals surface area contributed by atoms with Crippen LogP contribution in [0.3, 0.4) is 0 Å². The molecule has 2 aromatic rings. The van der Waals surface area contributed by atoms with Crippen molar-refractivity contribution in [3.05, 3.63) is 63.7 Å². The third-order valence-corrected chi connectivity index (χ3v) is 6.89. The van der Waals surface area contributed by atoms with Crippen LogP contribution in [0, 0.1) is 23.0 Å². The molecule has 160 valence electrons. The Morgan fingerprint density at radius 3 is 2.40 bits per heavy atom. The Kier molecular flexibility index (Phi) is 6.40. The van der Waals surface area contributed by atoms with Crippen LogP contribution in [0.4, 0.5) is 11.4 Å². The highest BCUT2D eigenvalue weighted by Crippen LogP contribution is 2.25. The molecule has 1 aliphatic carbocycles. The van der Waals surface area contributed by atoms with Gasteiger partial charge in [-0.05, 0) is 56.0 Å². The molecule has 2 aromatic carbocycles. The lowest BCUT2D eigenvalue weighted by molar-refractivity contribution is -0.385. The zero-order valence-electron chi connectivity index (χ0n) is 16.9. The first-order chi connectivity index (χ1) is 14.2. The molecule has 0 aliphatic heterocycles. The van der Waals surface area contributed by atoms with E-state index in [1.54, 1.807) is 19.1 Å². The number of hydrogen-bond donors (Lipinski definition) is 2. The van der Waals surface area contributed by atoms with Crippen molar-refractivity contribution in [3.63, 3.8) is 0 Å². The van der Waals surface area contributed by atoms with Crippen LogP contribution in [0.2, 0.25) is 0 Å². The maximum Gasteiger partial charge on any atom is 0.273 e. The van der Waals surface area contributed by atoms with Gasteiger partial charge in [-0.3, -0.25) is 19.6 Å². The number of anilines is 1. The number of carbonyl (C=O) groups excluding carboxylic acids is 1. The topological polar surface area (TPSA) is 118 Å². The number of hydrogen-bond acceptors (Lipinski definition) is 5. The molecule has 1 saturated carbocycles. The average molecular weight is 432 g/mol. The molecule has 0 radical (unpaired) electrons. The summed E-state index contributed by atoms with van der Waals surface area (Å²) in [5.74, 6) is 0.254. The average Bonchev–Trinajstić information content (AvgIpc) is 2.70. The predicted octanol–water partition coefficient (Wildman–Crippen LogP) is 4.01. The van der Waals surface area contributed by atoms with Crippen molar-refractivity contribution in [2.75, 3.05) is 4.72 Å². The normalized spacial score (nSPS) is 19.1. The minimum Gasteiger partial charge on any atom is -0.349 e. The molecule has 8 nitrogen and oxygen atoms in total. The third kappa shape index (κ3) is 4.96. The molecule has 0 saturated heterocycles. The Morgan fingerprint density at radius 1 is 1.10 bits per heavy atom. The minimum absolute atomic E-state index is 0.154. The number of nitro benzene ring substituents is 1. The molecule has 2 atom stereocenters. The summed E-state index contributed by atoms with van der Waals surface area (Å²) in [6, 6.07) is 10.0. The lowest BCUT2D eigenvalue weighted by Gasteiger charge is -2.29. The lowest BCUT2D eigenvalue weighted by atomic mass is 9.86. The smallest absolute Gasteiger partial charge is 0.273 e. The fourth-order valence-electron chi connectivity index (χ4n) is 3.64. The molecule has 0 bridgehead atoms. The standard InChI is InChI=1S/C21H25N3O5S/c1-14-5-3-4-6-19(14)22-21(25)16-8-10-17(11-9-16)23-30(28,29)18-12-7-15(2)20(13-18)24(26)27/h7-14,19,23H,3-6H2,1-2H3,(H,22,25). The second-order valence-corrected chi connectivity index (χ2v) is 9.41. The van der Waals surface area contributed by atoms with E-state index in [9.17, 15) is 23.3 Å². The van der Waals surface area contributed by atoms with Crippen LogP contribution >= 0.6 is 0 Å². The Labute approximate surface area is 175 Å². The van der Waals surface area contributed by atoms with E-state index in [2.05, 4.69) is 17.0 Å². The molecule has 1 amide bonds. The number of benzene rings is 2. The first-order valence-electron chi connectivity index (χ1n) is 9.86. The van der Waals surface area contributed by atoms with Crippen LogP contribution in [-0.4, -0.2) is 25.3 Å². The number of nitrogens with one attached hydrogen (secondary N) is 2. The summed E-state index contributed by atoms with van der Waals surface area (Å²) in [5, 5.41) is 14.1. The fraction of sp³-hybridized carbons (Fsp3) is 0.381. The minimum atomic E-state index is -4.00. The molecule has 1 aliphatic rings. The number of amides is 1. The summed E-state index contributed by atoms with van der Waals surface area (Å²) in [5.41, 5.74) is 0.825. The first-order valence-corrected chi connectivity index (χ1v) is 11.3. The van der Waals surface area contributed by atoms with E-state index in [0.717, 1.165) is 25.3 Å². The molecule has 9 heteroatoms. The second kappa shape index (κ2) is 8.83. The van der Waals surface area contributed by atoms with E-state index in [1.807, 2.05) is 0 Å². The highest BCUT2D eigenvalue weighted by atomic mass is 32.2. The molecule has 30 heavy (non-hydrogen) atoms. The Balaban J connectivity index is 1.71. The van der Waals surface area contributed by atoms with Crippen LogP contribution < -0.4 is 10.0 Å². The van der Waals surface area contributed by atoms with Gasteiger partial charge in [0.1, 0.15) is 0 Å². The molecule has 0 aromatic heterocycles. The van der Waals surface area contributed by atoms with Gasteiger partial charge in [-0.1, -0.05) is 25.8 Å². The molecular weight excluding hydrogens is 406 g/mol. The van der Waals surface area contributed by atoms with Crippen molar-refractivity contribution in [3.8, 4) is 0 Å². The highest BCUT2D eigenvalue weighted by molar-refractivity contribution is 7.92. The van der Waals surface area contributed by atoms with Gasteiger partial charge in [-0.25, -0.2) is 8.42 Å². The van der Waals surface area contributed by atoms with Crippen molar-refractivity contribution < 1.29 is 18.1 Å². The zero-order valence-corrected chi connectivity index (χ0v) is 17.7. The van der Waals surface area contributed by atoms with Crippen LogP contribution in [0.5, 0.6) is 0 Å². The van der Waals surface area contributed by atoms with Gasteiger partial charge < -0.3 is 5.32 Å². The van der Waals surface area contributed by atoms with E-state index in [1.165, 1.54) is 30.7 Å². The number of sulfonamides is 1. The number of carbonyl (C=O) groups is 1. The number of aryl methyl sites for hydroxylation is 1. The van der Waals surface area contributed by atoms with Gasteiger partial charge in [0.05, 0.1) is 9.82 Å². The van der Waals surface area contributed by atoms with Crippen molar-refractivity contribution in [1.29, 1.82) is 0 Å². The highest BCUT2D eigenvalue weighted by Gasteiger charge is 2.23. The van der Waals surface area contributed by atoms with E-state index in [0.29, 0.717) is 17.0 Å². The Morgan fingerprint density at radius 2 is 1.77 bits per heavy atom. The van der Waals surface area contributed by atoms with Gasteiger partial charge in [0.25, 0.3) is 21.6 Å². The van der Waals surface area contributed by atoms with Gasteiger partial charge in [-0.15, -0.1) is 0 Å². The van der Waals surface area contributed by atoms with Gasteiger partial charge >= 0.3 is 0 Å². The van der Waals surface area contributed by atoms with E-state index in [-0.39, 0.29) is 28.2 Å². The van der Waals surface area contributed by atoms with Crippen molar-refractivity contribution >= 4 is 27.3 Å². The van der Waals surface area contributed by atoms with Gasteiger partial charge in [0.15, 0.2) is 0 Å². The molecular formula is C21H25N3O5S. The van der Waals surface area contributed by atoms with Gasteiger partial charge in [0, 0.05) is 28.9 Å². The molecule has 3 rings (SSSR count). The third-order valence-electron chi connectivity index (χ3n) is 5.51. The van der Waals surface area contributed by atoms with E-state index in [4.69, 9.17) is 0 Å². The quantitative estimate of drug-likeness (QED) is 0.529. The summed E-state index contributed by atoms with van der Waals surface area (Å²) < 4.78 is 27.6. The molecule has 2 unspecified atom stereocenters. The van der Waals surface area contributed by atoms with Crippen LogP contribution in [0.25, 0.3) is 0 Å². The van der Waals surface area contributed by atoms with Crippen molar-refractivity contribution in [1.82, 2.24) is 5.32 Å². The Bertz CT molecular complexity index is 1050. The zero-order chi connectivity index (χ0) is 21.9. The second-order valence-electron chi connectivity index (χ2n) is 7.73. The van der Waals surface area contributed by atoms with E-state index < -0.39 is 14.9 Å². The van der Waals surface area contributed by atoms with Crippen molar-refractivity contribution in [2.24, 2.45) is 5.92 Å². The van der Waals surface area contributed by atoms with Crippen molar-refractivity contribution in [2.45, 2.75) is 50.5 Å². The Hall–Kier alpha value is -2.94. The maximum absolute atomic E-state index is 12.6. The SMILES string of the molecule is Cc1ccc(S(=O)(=O)Nc2ccc(C(=O)NC3CCCCC3C)cc2)cc1[N+](=O)[O-]. The number of nitro groups is 1. The number of nitrogens with zero attached hydrogens (tertiary/aromatic N) is 1. The lowest BCUT2D eigenvalue weighted by Crippen LogP contribution is -2.41. The van der Waals surface area contributed by atoms with E-state index >= 15 is 0 Å². The maximum atomic E-state index is 12.6. The first kappa shape index (κ1) is 21.8. The summed E-state index contributed by atoms with van der Waals surface area (Å²) >= 11 is 0. The van der Waals surface area contributed by atoms with Gasteiger partial charge in [0.2, 0.25) is 0 Å². The molecule has 0 spiro atoms. The summed E-state index contributed by atoms with van der Waals surface area (Å²) in [6.07, 6.45) is 4.36. The van der Waals surface area contributed by atoms with Crippen LogP contribution in [0.1, 0.15) is 48.5 Å². The molecule has 2 N–H and O–H groups in total. The number of rotatable bonds is 6. The van der Waals surface area contributed by atoms with Gasteiger partial charge in [-0.2, -0.15) is 0 Å². The molecule has 1 fully saturated rings. The predicted molar refractivity (Wildman–Crippen MR) is 114 cm³/mol. The summed E-state index contributed by atoms with van der Waals surface area (Å²) in [7, 11) is -4.00. The van der Waals surface area contributed by atoms with Crippen LogP contribution in [0.15, 0.2) is 47.4 Å². The fourth-order valence-corrected chi connectivity index (χ4v) is 4.72. The molecule has 0 heterocycles.